The topological polar surface area (TPSA) is 56.7 Å². The Bertz CT molecular complexity index is 1110. The summed E-state index contributed by atoms with van der Waals surface area (Å²) in [6.45, 7) is 6.37. The van der Waals surface area contributed by atoms with Crippen LogP contribution in [-0.4, -0.2) is 14.5 Å². The molecule has 0 spiro atoms. The van der Waals surface area contributed by atoms with Gasteiger partial charge in [0.1, 0.15) is 11.5 Å². The summed E-state index contributed by atoms with van der Waals surface area (Å²) in [5.74, 6) is 1.11. The molecular weight excluding hydrogens is 356 g/mol. The van der Waals surface area contributed by atoms with E-state index in [4.69, 9.17) is 22.3 Å². The average Bonchev–Trinajstić information content (AvgIpc) is 2.93. The van der Waals surface area contributed by atoms with Crippen LogP contribution in [0.15, 0.2) is 54.6 Å². The number of nitrogens with two attached hydrogens (primary N) is 1. The van der Waals surface area contributed by atoms with Crippen molar-refractivity contribution >= 4 is 28.5 Å². The Balaban J connectivity index is 1.96. The number of benzene rings is 2. The van der Waals surface area contributed by atoms with Gasteiger partial charge in [-0.05, 0) is 56.2 Å². The molecule has 4 rings (SSSR count). The second kappa shape index (κ2) is 6.71. The number of aromatic nitrogens is 3. The Kier molecular flexibility index (Phi) is 4.36. The predicted octanol–water partition coefficient (Wildman–Crippen LogP) is 5.56. The lowest BCUT2D eigenvalue weighted by Crippen LogP contribution is -2.10. The predicted molar refractivity (Wildman–Crippen MR) is 112 cm³/mol. The summed E-state index contributed by atoms with van der Waals surface area (Å²) in [5, 5.41) is 1.61. The average molecular weight is 377 g/mol. The quantitative estimate of drug-likeness (QED) is 0.509. The smallest absolute Gasteiger partial charge is 0.163 e. The van der Waals surface area contributed by atoms with E-state index in [1.807, 2.05) is 30.3 Å². The number of fused-ring (bicyclic) bond motifs is 1. The minimum atomic E-state index is 0.134. The summed E-state index contributed by atoms with van der Waals surface area (Å²) in [6, 6.07) is 18.0. The lowest BCUT2D eigenvalue weighted by molar-refractivity contribution is 0.639. The Morgan fingerprint density at radius 3 is 2.30 bits per heavy atom. The van der Waals surface area contributed by atoms with Crippen molar-refractivity contribution in [1.29, 1.82) is 0 Å². The zero-order valence-corrected chi connectivity index (χ0v) is 16.3. The van der Waals surface area contributed by atoms with Crippen LogP contribution in [0.1, 0.15) is 29.8 Å². The first kappa shape index (κ1) is 17.6. The molecule has 2 aromatic carbocycles. The number of hydrogen-bond donors (Lipinski definition) is 1. The molecule has 2 N–H and O–H groups in total. The zero-order chi connectivity index (χ0) is 19.1. The third-order valence-electron chi connectivity index (χ3n) is 5.20. The van der Waals surface area contributed by atoms with Gasteiger partial charge in [-0.3, -0.25) is 0 Å². The minimum absolute atomic E-state index is 0.134. The molecule has 27 heavy (non-hydrogen) atoms. The fourth-order valence-electron chi connectivity index (χ4n) is 3.60. The highest BCUT2D eigenvalue weighted by atomic mass is 35.5. The normalized spacial score (nSPS) is 12.4. The first-order valence-electron chi connectivity index (χ1n) is 8.93. The molecule has 136 valence electrons. The maximum absolute atomic E-state index is 6.36. The van der Waals surface area contributed by atoms with Gasteiger partial charge >= 0.3 is 0 Å². The van der Waals surface area contributed by atoms with E-state index in [0.29, 0.717) is 16.7 Å². The van der Waals surface area contributed by atoms with Gasteiger partial charge in [-0.15, -0.1) is 0 Å². The highest BCUT2D eigenvalue weighted by molar-refractivity contribution is 6.30. The molecule has 0 unspecified atom stereocenters. The van der Waals surface area contributed by atoms with Gasteiger partial charge in [-0.25, -0.2) is 9.97 Å². The van der Waals surface area contributed by atoms with Gasteiger partial charge in [-0.2, -0.15) is 0 Å². The monoisotopic (exact) mass is 376 g/mol. The van der Waals surface area contributed by atoms with Gasteiger partial charge in [0.05, 0.1) is 11.4 Å². The second-order valence-corrected chi connectivity index (χ2v) is 7.24. The van der Waals surface area contributed by atoms with Gasteiger partial charge < -0.3 is 10.3 Å². The molecule has 2 aromatic heterocycles. The van der Waals surface area contributed by atoms with Gasteiger partial charge in [0.25, 0.3) is 0 Å². The number of aryl methyl sites for hydroxylation is 1. The van der Waals surface area contributed by atoms with Crippen LogP contribution in [0.5, 0.6) is 0 Å². The van der Waals surface area contributed by atoms with Gasteiger partial charge in [-0.1, -0.05) is 41.9 Å². The minimum Gasteiger partial charge on any atom is -0.383 e. The Morgan fingerprint density at radius 2 is 1.63 bits per heavy atom. The summed E-state index contributed by atoms with van der Waals surface area (Å²) < 4.78 is 2.25. The molecule has 4 aromatic rings. The fourth-order valence-corrected chi connectivity index (χ4v) is 3.73. The molecule has 1 atom stereocenters. The third kappa shape index (κ3) is 2.96. The largest absolute Gasteiger partial charge is 0.383 e. The van der Waals surface area contributed by atoms with Crippen molar-refractivity contribution in [2.45, 2.75) is 26.8 Å². The standard InChI is InChI=1S/C22H21ClN4/c1-13-14(2)27(15(3)16-7-5-4-6-8-16)22-19(13)20(24)25-21(26-22)17-9-11-18(23)12-10-17/h4-12,15H,1-3H3,(H2,24,25,26)/t15-/m0/s1. The van der Waals surface area contributed by atoms with Crippen molar-refractivity contribution in [3.63, 3.8) is 0 Å². The van der Waals surface area contributed by atoms with Crippen molar-refractivity contribution in [1.82, 2.24) is 14.5 Å². The maximum Gasteiger partial charge on any atom is 0.163 e. The van der Waals surface area contributed by atoms with E-state index in [1.54, 1.807) is 0 Å². The second-order valence-electron chi connectivity index (χ2n) is 6.81. The number of nitrogen functional groups attached to an aromatic ring is 1. The highest BCUT2D eigenvalue weighted by Crippen LogP contribution is 2.34. The summed E-state index contributed by atoms with van der Waals surface area (Å²) in [6.07, 6.45) is 0. The van der Waals surface area contributed by atoms with E-state index in [1.165, 1.54) is 5.56 Å². The van der Waals surface area contributed by atoms with E-state index >= 15 is 0 Å². The van der Waals surface area contributed by atoms with Crippen LogP contribution in [0.4, 0.5) is 5.82 Å². The zero-order valence-electron chi connectivity index (χ0n) is 15.6. The fraction of sp³-hybridized carbons (Fsp3) is 0.182. The third-order valence-corrected chi connectivity index (χ3v) is 5.45. The summed E-state index contributed by atoms with van der Waals surface area (Å²) in [4.78, 5) is 9.45. The molecule has 0 bridgehead atoms. The Hall–Kier alpha value is -2.85. The van der Waals surface area contributed by atoms with Gasteiger partial charge in [0, 0.05) is 16.3 Å². The molecule has 2 heterocycles. The van der Waals surface area contributed by atoms with E-state index in [-0.39, 0.29) is 6.04 Å². The van der Waals surface area contributed by atoms with Crippen LogP contribution in [0.3, 0.4) is 0 Å². The van der Waals surface area contributed by atoms with Crippen molar-refractivity contribution in [2.75, 3.05) is 5.73 Å². The first-order chi connectivity index (χ1) is 13.0. The summed E-state index contributed by atoms with van der Waals surface area (Å²) in [5.41, 5.74) is 11.6. The lowest BCUT2D eigenvalue weighted by atomic mass is 10.1. The summed E-state index contributed by atoms with van der Waals surface area (Å²) >= 11 is 6.01. The molecule has 0 aliphatic heterocycles. The number of halogens is 1. The van der Waals surface area contributed by atoms with E-state index in [2.05, 4.69) is 54.6 Å². The molecule has 5 heteroatoms. The molecule has 0 saturated heterocycles. The molecule has 0 saturated carbocycles. The van der Waals surface area contributed by atoms with Crippen LogP contribution in [0.2, 0.25) is 5.02 Å². The van der Waals surface area contributed by atoms with E-state index in [0.717, 1.165) is 27.9 Å². The first-order valence-corrected chi connectivity index (χ1v) is 9.30. The SMILES string of the molecule is Cc1c(C)n([C@@H](C)c2ccccc2)c2nc(-c3ccc(Cl)cc3)nc(N)c12. The Labute approximate surface area is 163 Å². The Morgan fingerprint density at radius 1 is 0.963 bits per heavy atom. The number of anilines is 1. The van der Waals surface area contributed by atoms with E-state index < -0.39 is 0 Å². The van der Waals surface area contributed by atoms with Crippen molar-refractivity contribution in [3.05, 3.63) is 76.4 Å². The number of rotatable bonds is 3. The number of hydrogen-bond acceptors (Lipinski definition) is 3. The van der Waals surface area contributed by atoms with Gasteiger partial charge in [0.2, 0.25) is 0 Å². The van der Waals surface area contributed by atoms with Crippen LogP contribution < -0.4 is 5.73 Å². The summed E-state index contributed by atoms with van der Waals surface area (Å²) in [7, 11) is 0. The van der Waals surface area contributed by atoms with Crippen LogP contribution in [0, 0.1) is 13.8 Å². The maximum atomic E-state index is 6.36. The highest BCUT2D eigenvalue weighted by Gasteiger charge is 2.21. The van der Waals surface area contributed by atoms with Crippen LogP contribution >= 0.6 is 11.6 Å². The van der Waals surface area contributed by atoms with Gasteiger partial charge in [0.15, 0.2) is 5.82 Å². The molecule has 0 aliphatic rings. The molecule has 0 amide bonds. The van der Waals surface area contributed by atoms with Crippen LogP contribution in [-0.2, 0) is 0 Å². The lowest BCUT2D eigenvalue weighted by Gasteiger charge is -2.18. The van der Waals surface area contributed by atoms with Crippen LogP contribution in [0.25, 0.3) is 22.4 Å². The van der Waals surface area contributed by atoms with Crippen molar-refractivity contribution in [3.8, 4) is 11.4 Å². The van der Waals surface area contributed by atoms with E-state index in [9.17, 15) is 0 Å². The molecule has 0 radical (unpaired) electrons. The molecule has 0 fully saturated rings. The molecular formula is C22H21ClN4. The molecule has 4 nitrogen and oxygen atoms in total. The van der Waals surface area contributed by atoms with Crippen molar-refractivity contribution < 1.29 is 0 Å². The molecule has 0 aliphatic carbocycles. The van der Waals surface area contributed by atoms with Crippen molar-refractivity contribution in [2.24, 2.45) is 0 Å². The number of nitrogens with zero attached hydrogens (tertiary/aromatic N) is 3.